The Morgan fingerprint density at radius 3 is 2.60 bits per heavy atom. The van der Waals surface area contributed by atoms with Crippen LogP contribution in [-0.2, 0) is 0 Å². The zero-order chi connectivity index (χ0) is 17.6. The highest BCUT2D eigenvalue weighted by Crippen LogP contribution is 2.23. The molecule has 3 rings (SSSR count). The number of hydrogen-bond donors (Lipinski definition) is 1. The average Bonchev–Trinajstić information content (AvgIpc) is 2.63. The van der Waals surface area contributed by atoms with E-state index in [1.54, 1.807) is 6.07 Å². The number of carbonyl (C=O) groups excluding carboxylic acids is 1. The molecule has 0 spiro atoms. The van der Waals surface area contributed by atoms with E-state index in [0.717, 1.165) is 16.7 Å². The zero-order valence-corrected chi connectivity index (χ0v) is 15.3. The van der Waals surface area contributed by atoms with Crippen molar-refractivity contribution < 1.29 is 4.79 Å². The highest BCUT2D eigenvalue weighted by Gasteiger charge is 2.13. The maximum Gasteiger partial charge on any atom is 0.274 e. The van der Waals surface area contributed by atoms with E-state index in [9.17, 15) is 4.79 Å². The molecule has 0 unspecified atom stereocenters. The van der Waals surface area contributed by atoms with Gasteiger partial charge in [0.25, 0.3) is 5.91 Å². The van der Waals surface area contributed by atoms with Crippen molar-refractivity contribution in [3.05, 3.63) is 77.2 Å². The molecule has 2 aromatic carbocycles. The lowest BCUT2D eigenvalue weighted by Gasteiger charge is -2.22. The van der Waals surface area contributed by atoms with Gasteiger partial charge in [-0.25, -0.2) is 9.97 Å². The normalized spacial score (nSPS) is 10.3. The first-order valence-electron chi connectivity index (χ1n) is 7.89. The minimum atomic E-state index is -0.272. The fraction of sp³-hybridized carbons (Fsp3) is 0.105. The Morgan fingerprint density at radius 1 is 1.08 bits per heavy atom. The van der Waals surface area contributed by atoms with Crippen LogP contribution < -0.4 is 10.2 Å². The maximum atomic E-state index is 12.5. The number of para-hydroxylation sites is 1. The van der Waals surface area contributed by atoms with E-state index in [1.807, 2.05) is 66.4 Å². The van der Waals surface area contributed by atoms with Gasteiger partial charge in [-0.3, -0.25) is 4.79 Å². The number of benzene rings is 2. The molecule has 1 aromatic heterocycles. The first kappa shape index (κ1) is 17.1. The van der Waals surface area contributed by atoms with Gasteiger partial charge in [-0.15, -0.1) is 0 Å². The largest absolute Gasteiger partial charge is 0.327 e. The third-order valence-corrected chi connectivity index (χ3v) is 4.12. The Hall–Kier alpha value is -2.73. The molecular formula is C19H17BrN4O. The minimum Gasteiger partial charge on any atom is -0.327 e. The SMILES string of the molecule is CCN(c1ccccc1)c1cc(C(=O)Nc2cccc(Br)c2)ncn1. The van der Waals surface area contributed by atoms with Crippen LogP contribution in [0.3, 0.4) is 0 Å². The zero-order valence-electron chi connectivity index (χ0n) is 13.7. The quantitative estimate of drug-likeness (QED) is 0.681. The second-order valence-electron chi connectivity index (χ2n) is 5.31. The van der Waals surface area contributed by atoms with Crippen molar-refractivity contribution >= 4 is 39.0 Å². The van der Waals surface area contributed by atoms with Crippen LogP contribution in [0.4, 0.5) is 17.2 Å². The molecule has 3 aromatic rings. The van der Waals surface area contributed by atoms with Gasteiger partial charge in [-0.05, 0) is 37.3 Å². The molecule has 0 aliphatic carbocycles. The number of hydrogen-bond acceptors (Lipinski definition) is 4. The number of amides is 1. The van der Waals surface area contributed by atoms with Gasteiger partial charge < -0.3 is 10.2 Å². The van der Waals surface area contributed by atoms with Gasteiger partial charge in [-0.1, -0.05) is 40.2 Å². The van der Waals surface area contributed by atoms with E-state index in [2.05, 4.69) is 31.2 Å². The summed E-state index contributed by atoms with van der Waals surface area (Å²) >= 11 is 3.39. The number of nitrogens with zero attached hydrogens (tertiary/aromatic N) is 3. The molecule has 0 aliphatic rings. The predicted molar refractivity (Wildman–Crippen MR) is 103 cm³/mol. The Labute approximate surface area is 154 Å². The lowest BCUT2D eigenvalue weighted by Crippen LogP contribution is -2.20. The van der Waals surface area contributed by atoms with Crippen molar-refractivity contribution in [3.63, 3.8) is 0 Å². The summed E-state index contributed by atoms with van der Waals surface area (Å²) in [4.78, 5) is 22.9. The molecular weight excluding hydrogens is 380 g/mol. The van der Waals surface area contributed by atoms with Crippen molar-refractivity contribution in [1.29, 1.82) is 0 Å². The fourth-order valence-corrected chi connectivity index (χ4v) is 2.86. The highest BCUT2D eigenvalue weighted by atomic mass is 79.9. The van der Waals surface area contributed by atoms with Crippen LogP contribution in [0, 0.1) is 0 Å². The molecule has 0 aliphatic heterocycles. The topological polar surface area (TPSA) is 58.1 Å². The van der Waals surface area contributed by atoms with E-state index in [1.165, 1.54) is 6.33 Å². The molecule has 1 amide bonds. The van der Waals surface area contributed by atoms with Gasteiger partial charge in [0, 0.05) is 28.5 Å². The van der Waals surface area contributed by atoms with Gasteiger partial charge in [0.05, 0.1) is 0 Å². The summed E-state index contributed by atoms with van der Waals surface area (Å²) in [5, 5.41) is 2.85. The molecule has 0 saturated heterocycles. The van der Waals surface area contributed by atoms with Crippen LogP contribution in [0.2, 0.25) is 0 Å². The van der Waals surface area contributed by atoms with Gasteiger partial charge in [-0.2, -0.15) is 0 Å². The van der Waals surface area contributed by atoms with Crippen molar-refractivity contribution in [2.75, 3.05) is 16.8 Å². The van der Waals surface area contributed by atoms with Crippen LogP contribution in [-0.4, -0.2) is 22.4 Å². The standard InChI is InChI=1S/C19H17BrN4O/c1-2-24(16-9-4-3-5-10-16)18-12-17(21-13-22-18)19(25)23-15-8-6-7-14(20)11-15/h3-13H,2H2,1H3,(H,23,25). The van der Waals surface area contributed by atoms with Gasteiger partial charge >= 0.3 is 0 Å². The van der Waals surface area contributed by atoms with E-state index in [-0.39, 0.29) is 5.91 Å². The molecule has 0 fully saturated rings. The van der Waals surface area contributed by atoms with Crippen molar-refractivity contribution in [2.24, 2.45) is 0 Å². The van der Waals surface area contributed by atoms with Crippen LogP contribution in [0.5, 0.6) is 0 Å². The first-order chi connectivity index (χ1) is 12.2. The van der Waals surface area contributed by atoms with Gasteiger partial charge in [0.1, 0.15) is 17.8 Å². The van der Waals surface area contributed by atoms with Crippen LogP contribution >= 0.6 is 15.9 Å². The maximum absolute atomic E-state index is 12.5. The lowest BCUT2D eigenvalue weighted by atomic mass is 10.2. The highest BCUT2D eigenvalue weighted by molar-refractivity contribution is 9.10. The number of anilines is 3. The number of aromatic nitrogens is 2. The Balaban J connectivity index is 1.84. The molecule has 25 heavy (non-hydrogen) atoms. The van der Waals surface area contributed by atoms with E-state index >= 15 is 0 Å². The smallest absolute Gasteiger partial charge is 0.274 e. The van der Waals surface area contributed by atoms with Crippen molar-refractivity contribution in [3.8, 4) is 0 Å². The molecule has 0 radical (unpaired) electrons. The Kier molecular flexibility index (Phi) is 5.40. The summed E-state index contributed by atoms with van der Waals surface area (Å²) in [6.07, 6.45) is 1.41. The molecule has 1 heterocycles. The van der Waals surface area contributed by atoms with E-state index in [0.29, 0.717) is 17.2 Å². The number of halogens is 1. The fourth-order valence-electron chi connectivity index (χ4n) is 2.46. The summed E-state index contributed by atoms with van der Waals surface area (Å²) < 4.78 is 0.898. The second kappa shape index (κ2) is 7.90. The van der Waals surface area contributed by atoms with Gasteiger partial charge in [0.15, 0.2) is 0 Å². The Bertz CT molecular complexity index is 870. The molecule has 126 valence electrons. The summed E-state index contributed by atoms with van der Waals surface area (Å²) in [5.41, 5.74) is 2.04. The third kappa shape index (κ3) is 4.22. The number of rotatable bonds is 5. The Morgan fingerprint density at radius 2 is 1.88 bits per heavy atom. The summed E-state index contributed by atoms with van der Waals surface area (Å²) in [7, 11) is 0. The van der Waals surface area contributed by atoms with Crippen molar-refractivity contribution in [2.45, 2.75) is 6.92 Å². The monoisotopic (exact) mass is 396 g/mol. The third-order valence-electron chi connectivity index (χ3n) is 3.63. The molecule has 1 N–H and O–H groups in total. The molecule has 0 saturated carbocycles. The molecule has 6 heteroatoms. The summed E-state index contributed by atoms with van der Waals surface area (Å²) in [6, 6.07) is 19.0. The van der Waals surface area contributed by atoms with E-state index < -0.39 is 0 Å². The summed E-state index contributed by atoms with van der Waals surface area (Å²) in [6.45, 7) is 2.77. The van der Waals surface area contributed by atoms with Crippen LogP contribution in [0.15, 0.2) is 71.5 Å². The minimum absolute atomic E-state index is 0.272. The number of nitrogens with one attached hydrogen (secondary N) is 1. The van der Waals surface area contributed by atoms with Gasteiger partial charge in [0.2, 0.25) is 0 Å². The lowest BCUT2D eigenvalue weighted by molar-refractivity contribution is 0.102. The van der Waals surface area contributed by atoms with E-state index in [4.69, 9.17) is 0 Å². The molecule has 5 nitrogen and oxygen atoms in total. The van der Waals surface area contributed by atoms with Crippen molar-refractivity contribution in [1.82, 2.24) is 9.97 Å². The molecule has 0 bridgehead atoms. The predicted octanol–water partition coefficient (Wildman–Crippen LogP) is 4.65. The summed E-state index contributed by atoms with van der Waals surface area (Å²) in [5.74, 6) is 0.411. The van der Waals surface area contributed by atoms with Crippen LogP contribution in [0.1, 0.15) is 17.4 Å². The molecule has 0 atom stereocenters. The average molecular weight is 397 g/mol. The number of carbonyl (C=O) groups is 1. The first-order valence-corrected chi connectivity index (χ1v) is 8.68. The van der Waals surface area contributed by atoms with Crippen LogP contribution in [0.25, 0.3) is 0 Å². The second-order valence-corrected chi connectivity index (χ2v) is 6.22.